The molecule has 1 aliphatic rings. The average molecular weight is 413 g/mol. The minimum Gasteiger partial charge on any atom is -0.344 e. The number of amides is 1. The number of hydrogen-bond donors (Lipinski definition) is 0. The van der Waals surface area contributed by atoms with E-state index in [0.717, 1.165) is 34.3 Å². The van der Waals surface area contributed by atoms with Crippen molar-refractivity contribution in [2.75, 3.05) is 31.1 Å². The molecule has 1 aliphatic heterocycles. The topological polar surface area (TPSA) is 67.2 Å². The molecule has 1 saturated heterocycles. The number of pyridine rings is 1. The fourth-order valence-corrected chi connectivity index (χ4v) is 4.57. The predicted molar refractivity (Wildman–Crippen MR) is 117 cm³/mol. The Kier molecular flexibility index (Phi) is 5.06. The standard InChI is InChI=1S/C21H28N6OS/c1-14(2)17-13-16(24-27(17)21(3,4)5)19(28)25-9-11-26(12-10-25)20-23-15-7-6-8-22-18(15)29-20/h6-8,13-14H,9-12H2,1-5H3. The van der Waals surface area contributed by atoms with Crippen molar-refractivity contribution in [3.8, 4) is 0 Å². The van der Waals surface area contributed by atoms with E-state index in [9.17, 15) is 4.79 Å². The molecule has 0 radical (unpaired) electrons. The fraction of sp³-hybridized carbons (Fsp3) is 0.524. The SMILES string of the molecule is CC(C)c1cc(C(=O)N2CCN(c3nc4cccnc4s3)CC2)nn1C(C)(C)C. The molecule has 1 fully saturated rings. The van der Waals surface area contributed by atoms with E-state index in [0.29, 0.717) is 24.7 Å². The molecule has 3 aromatic heterocycles. The lowest BCUT2D eigenvalue weighted by Gasteiger charge is -2.34. The van der Waals surface area contributed by atoms with E-state index >= 15 is 0 Å². The molecule has 0 spiro atoms. The molecule has 154 valence electrons. The number of thiazole rings is 1. The summed E-state index contributed by atoms with van der Waals surface area (Å²) in [5, 5.41) is 5.65. The summed E-state index contributed by atoms with van der Waals surface area (Å²) >= 11 is 1.61. The molecule has 3 aromatic rings. The molecule has 4 heterocycles. The Balaban J connectivity index is 1.48. The molecule has 0 atom stereocenters. The molecule has 4 rings (SSSR count). The van der Waals surface area contributed by atoms with Crippen molar-refractivity contribution in [1.29, 1.82) is 0 Å². The Labute approximate surface area is 175 Å². The Morgan fingerprint density at radius 2 is 1.90 bits per heavy atom. The van der Waals surface area contributed by atoms with Crippen LogP contribution in [-0.4, -0.2) is 56.7 Å². The highest BCUT2D eigenvalue weighted by Gasteiger charge is 2.28. The smallest absolute Gasteiger partial charge is 0.274 e. The summed E-state index contributed by atoms with van der Waals surface area (Å²) < 4.78 is 2.00. The minimum absolute atomic E-state index is 0.0144. The Bertz CT molecular complexity index is 990. The van der Waals surface area contributed by atoms with Crippen molar-refractivity contribution in [3.63, 3.8) is 0 Å². The second-order valence-corrected chi connectivity index (χ2v) is 9.75. The highest BCUT2D eigenvalue weighted by Crippen LogP contribution is 2.28. The lowest BCUT2D eigenvalue weighted by Crippen LogP contribution is -2.49. The minimum atomic E-state index is -0.155. The summed E-state index contributed by atoms with van der Waals surface area (Å²) in [5.74, 6) is 0.327. The van der Waals surface area contributed by atoms with Crippen LogP contribution in [0.1, 0.15) is 56.7 Å². The van der Waals surface area contributed by atoms with E-state index in [4.69, 9.17) is 0 Å². The van der Waals surface area contributed by atoms with Gasteiger partial charge in [0.2, 0.25) is 0 Å². The molecular weight excluding hydrogens is 384 g/mol. The maximum atomic E-state index is 13.1. The van der Waals surface area contributed by atoms with Crippen LogP contribution in [0.25, 0.3) is 10.3 Å². The summed E-state index contributed by atoms with van der Waals surface area (Å²) in [5.41, 5.74) is 2.42. The van der Waals surface area contributed by atoms with Crippen LogP contribution in [-0.2, 0) is 5.54 Å². The number of carbonyl (C=O) groups excluding carboxylic acids is 1. The molecule has 8 heteroatoms. The van der Waals surface area contributed by atoms with Gasteiger partial charge in [-0.05, 0) is 44.9 Å². The summed E-state index contributed by atoms with van der Waals surface area (Å²) in [4.78, 5) is 27.3. The highest BCUT2D eigenvalue weighted by molar-refractivity contribution is 7.21. The molecule has 0 saturated carbocycles. The molecule has 1 amide bonds. The maximum Gasteiger partial charge on any atom is 0.274 e. The number of anilines is 1. The van der Waals surface area contributed by atoms with E-state index < -0.39 is 0 Å². The first-order chi connectivity index (χ1) is 13.7. The molecule has 0 bridgehead atoms. The normalized spacial score (nSPS) is 15.5. The second-order valence-electron chi connectivity index (χ2n) is 8.80. The Morgan fingerprint density at radius 3 is 2.48 bits per heavy atom. The first-order valence-corrected chi connectivity index (χ1v) is 10.9. The van der Waals surface area contributed by atoms with Crippen LogP contribution in [0.4, 0.5) is 5.13 Å². The van der Waals surface area contributed by atoms with Gasteiger partial charge in [0.25, 0.3) is 5.91 Å². The molecule has 0 aromatic carbocycles. The molecule has 29 heavy (non-hydrogen) atoms. The zero-order valence-electron chi connectivity index (χ0n) is 17.7. The quantitative estimate of drug-likeness (QED) is 0.656. The van der Waals surface area contributed by atoms with Gasteiger partial charge in [-0.1, -0.05) is 25.2 Å². The van der Waals surface area contributed by atoms with Crippen LogP contribution in [0, 0.1) is 0 Å². The first-order valence-electron chi connectivity index (χ1n) is 10.1. The number of hydrogen-bond acceptors (Lipinski definition) is 6. The van der Waals surface area contributed by atoms with Gasteiger partial charge in [-0.15, -0.1) is 0 Å². The van der Waals surface area contributed by atoms with Crippen LogP contribution in [0.15, 0.2) is 24.4 Å². The lowest BCUT2D eigenvalue weighted by molar-refractivity contribution is 0.0739. The van der Waals surface area contributed by atoms with E-state index in [-0.39, 0.29) is 11.4 Å². The van der Waals surface area contributed by atoms with Crippen molar-refractivity contribution in [2.24, 2.45) is 0 Å². The van der Waals surface area contributed by atoms with Gasteiger partial charge in [0.15, 0.2) is 10.8 Å². The monoisotopic (exact) mass is 412 g/mol. The van der Waals surface area contributed by atoms with Gasteiger partial charge in [-0.3, -0.25) is 9.48 Å². The highest BCUT2D eigenvalue weighted by atomic mass is 32.1. The summed E-state index contributed by atoms with van der Waals surface area (Å²) in [6.45, 7) is 13.5. The fourth-order valence-electron chi connectivity index (χ4n) is 3.61. The second kappa shape index (κ2) is 7.40. The summed E-state index contributed by atoms with van der Waals surface area (Å²) in [7, 11) is 0. The number of nitrogens with zero attached hydrogens (tertiary/aromatic N) is 6. The van der Waals surface area contributed by atoms with Gasteiger partial charge >= 0.3 is 0 Å². The Morgan fingerprint density at radius 1 is 1.17 bits per heavy atom. The van der Waals surface area contributed by atoms with E-state index in [2.05, 4.69) is 54.6 Å². The van der Waals surface area contributed by atoms with Crippen LogP contribution in [0.5, 0.6) is 0 Å². The van der Waals surface area contributed by atoms with Gasteiger partial charge in [-0.25, -0.2) is 9.97 Å². The maximum absolute atomic E-state index is 13.1. The van der Waals surface area contributed by atoms with Crippen LogP contribution in [0.2, 0.25) is 0 Å². The summed E-state index contributed by atoms with van der Waals surface area (Å²) in [6.07, 6.45) is 1.79. The molecular formula is C21H28N6OS. The van der Waals surface area contributed by atoms with Crippen LogP contribution in [0.3, 0.4) is 0 Å². The first kappa shape index (κ1) is 19.8. The van der Waals surface area contributed by atoms with E-state index in [1.54, 1.807) is 17.5 Å². The van der Waals surface area contributed by atoms with Crippen molar-refractivity contribution in [1.82, 2.24) is 24.6 Å². The molecule has 0 aliphatic carbocycles. The number of aromatic nitrogens is 4. The van der Waals surface area contributed by atoms with Crippen LogP contribution >= 0.6 is 11.3 Å². The molecule has 0 N–H and O–H groups in total. The zero-order valence-corrected chi connectivity index (χ0v) is 18.5. The number of carbonyl (C=O) groups is 1. The van der Waals surface area contributed by atoms with Crippen LogP contribution < -0.4 is 4.90 Å². The lowest BCUT2D eigenvalue weighted by atomic mass is 10.1. The third kappa shape index (κ3) is 3.85. The van der Waals surface area contributed by atoms with E-state index in [1.165, 1.54) is 0 Å². The number of piperazine rings is 1. The average Bonchev–Trinajstić information content (AvgIpc) is 3.32. The van der Waals surface area contributed by atoms with Crippen molar-refractivity contribution in [3.05, 3.63) is 35.8 Å². The number of fused-ring (bicyclic) bond motifs is 1. The number of rotatable bonds is 3. The summed E-state index contributed by atoms with van der Waals surface area (Å²) in [6, 6.07) is 5.86. The third-order valence-electron chi connectivity index (χ3n) is 5.18. The predicted octanol–water partition coefficient (Wildman–Crippen LogP) is 3.73. The molecule has 7 nitrogen and oxygen atoms in total. The van der Waals surface area contributed by atoms with Gasteiger partial charge < -0.3 is 9.80 Å². The largest absolute Gasteiger partial charge is 0.344 e. The zero-order chi connectivity index (χ0) is 20.8. The van der Waals surface area contributed by atoms with E-state index in [1.807, 2.05) is 27.8 Å². The van der Waals surface area contributed by atoms with Gasteiger partial charge in [0.1, 0.15) is 10.3 Å². The van der Waals surface area contributed by atoms with Gasteiger partial charge in [-0.2, -0.15) is 5.10 Å². The van der Waals surface area contributed by atoms with Crippen molar-refractivity contribution in [2.45, 2.75) is 46.1 Å². The van der Waals surface area contributed by atoms with Gasteiger partial charge in [0, 0.05) is 38.1 Å². The van der Waals surface area contributed by atoms with Gasteiger partial charge in [0.05, 0.1) is 5.54 Å². The Hall–Kier alpha value is -2.48. The van der Waals surface area contributed by atoms with Crippen molar-refractivity contribution >= 4 is 32.7 Å². The molecule has 0 unspecified atom stereocenters. The van der Waals surface area contributed by atoms with Crippen molar-refractivity contribution < 1.29 is 4.79 Å². The third-order valence-corrected chi connectivity index (χ3v) is 6.22.